The molecule has 0 atom stereocenters. The summed E-state index contributed by atoms with van der Waals surface area (Å²) in [4.78, 5) is 32.1. The number of rotatable bonds is 11. The molecule has 7 nitrogen and oxygen atoms in total. The Kier molecular flexibility index (Phi) is 9.36. The van der Waals surface area contributed by atoms with Crippen molar-refractivity contribution < 1.29 is 14.3 Å². The monoisotopic (exact) mass is 490 g/mol. The summed E-state index contributed by atoms with van der Waals surface area (Å²) in [5.74, 6) is 1.98. The first-order valence-corrected chi connectivity index (χ1v) is 13.3. The second-order valence-electron chi connectivity index (χ2n) is 9.51. The van der Waals surface area contributed by atoms with Crippen molar-refractivity contribution in [2.75, 3.05) is 26.7 Å². The number of aromatic nitrogens is 2. The molecular weight excluding hydrogens is 452 g/mol. The number of imidazole rings is 1. The predicted molar refractivity (Wildman–Crippen MR) is 142 cm³/mol. The minimum atomic E-state index is -0.0616. The third-order valence-electron chi connectivity index (χ3n) is 6.96. The van der Waals surface area contributed by atoms with Gasteiger partial charge in [-0.2, -0.15) is 0 Å². The van der Waals surface area contributed by atoms with Gasteiger partial charge in [-0.3, -0.25) is 9.59 Å². The highest BCUT2D eigenvalue weighted by molar-refractivity contribution is 5.94. The summed E-state index contributed by atoms with van der Waals surface area (Å²) in [5, 5.41) is 2.99. The van der Waals surface area contributed by atoms with E-state index in [2.05, 4.69) is 16.0 Å². The maximum absolute atomic E-state index is 12.9. The standard InChI is InChI=1S/C29H38N4O3/c1-36-24-16-14-23(15-17-24)29(35)30-19-8-4-5-13-27-31-25-11-6-7-12-26(25)33(27)22-18-28(34)32-20-9-2-3-10-21-32/h6-7,11-12,14-17H,2-5,8-10,13,18-22H2,1H3,(H,30,35). The lowest BCUT2D eigenvalue weighted by atomic mass is 10.1. The van der Waals surface area contributed by atoms with Gasteiger partial charge >= 0.3 is 0 Å². The number of hydrogen-bond donors (Lipinski definition) is 1. The lowest BCUT2D eigenvalue weighted by Crippen LogP contribution is -2.32. The Labute approximate surface area is 213 Å². The molecule has 0 bridgehead atoms. The first kappa shape index (κ1) is 25.7. The highest BCUT2D eigenvalue weighted by Gasteiger charge is 2.17. The molecule has 1 saturated heterocycles. The Morgan fingerprint density at radius 1 is 0.944 bits per heavy atom. The Hall–Kier alpha value is -3.35. The molecule has 1 N–H and O–H groups in total. The molecule has 2 aromatic carbocycles. The topological polar surface area (TPSA) is 76.5 Å². The number of benzene rings is 2. The van der Waals surface area contributed by atoms with Gasteiger partial charge in [0.1, 0.15) is 11.6 Å². The van der Waals surface area contributed by atoms with E-state index in [4.69, 9.17) is 9.72 Å². The summed E-state index contributed by atoms with van der Waals surface area (Å²) < 4.78 is 7.37. The fraction of sp³-hybridized carbons (Fsp3) is 0.483. The van der Waals surface area contributed by atoms with E-state index in [1.54, 1.807) is 31.4 Å². The number of carbonyl (C=O) groups is 2. The first-order chi connectivity index (χ1) is 17.7. The van der Waals surface area contributed by atoms with Crippen molar-refractivity contribution in [3.63, 3.8) is 0 Å². The highest BCUT2D eigenvalue weighted by Crippen LogP contribution is 2.19. The SMILES string of the molecule is COc1ccc(C(=O)NCCCCCc2nc3ccccc3n2CCC(=O)N2CCCCCC2)cc1. The zero-order chi connectivity index (χ0) is 25.2. The van der Waals surface area contributed by atoms with Crippen LogP contribution in [0.3, 0.4) is 0 Å². The molecule has 1 aliphatic rings. The van der Waals surface area contributed by atoms with Crippen molar-refractivity contribution in [3.05, 3.63) is 59.9 Å². The van der Waals surface area contributed by atoms with E-state index in [0.717, 1.165) is 74.2 Å². The lowest BCUT2D eigenvalue weighted by molar-refractivity contribution is -0.131. The Morgan fingerprint density at radius 2 is 1.69 bits per heavy atom. The number of unbranched alkanes of at least 4 members (excludes halogenated alkanes) is 2. The number of nitrogens with zero attached hydrogens (tertiary/aromatic N) is 3. The molecule has 1 aliphatic heterocycles. The molecule has 0 saturated carbocycles. The number of carbonyl (C=O) groups excluding carboxylic acids is 2. The predicted octanol–water partition coefficient (Wildman–Crippen LogP) is 4.98. The Bertz CT molecular complexity index is 1130. The van der Waals surface area contributed by atoms with Crippen LogP contribution in [0.4, 0.5) is 0 Å². The third kappa shape index (κ3) is 6.86. The molecule has 0 radical (unpaired) electrons. The number of para-hydroxylation sites is 2. The van der Waals surface area contributed by atoms with Gasteiger partial charge in [0.15, 0.2) is 0 Å². The molecule has 1 aromatic heterocycles. The van der Waals surface area contributed by atoms with E-state index >= 15 is 0 Å². The van der Waals surface area contributed by atoms with Crippen molar-refractivity contribution in [1.82, 2.24) is 19.8 Å². The van der Waals surface area contributed by atoms with Gasteiger partial charge in [0.2, 0.25) is 5.91 Å². The smallest absolute Gasteiger partial charge is 0.251 e. The number of hydrogen-bond acceptors (Lipinski definition) is 4. The fourth-order valence-corrected chi connectivity index (χ4v) is 4.88. The molecular formula is C29H38N4O3. The van der Waals surface area contributed by atoms with Crippen molar-refractivity contribution in [2.45, 2.75) is 64.3 Å². The fourth-order valence-electron chi connectivity index (χ4n) is 4.88. The molecule has 0 spiro atoms. The van der Waals surface area contributed by atoms with E-state index in [0.29, 0.717) is 25.1 Å². The van der Waals surface area contributed by atoms with E-state index < -0.39 is 0 Å². The number of ether oxygens (including phenoxy) is 1. The van der Waals surface area contributed by atoms with Crippen molar-refractivity contribution in [1.29, 1.82) is 0 Å². The largest absolute Gasteiger partial charge is 0.497 e. The molecule has 3 aromatic rings. The van der Waals surface area contributed by atoms with Crippen LogP contribution in [0.15, 0.2) is 48.5 Å². The number of methoxy groups -OCH3 is 1. The van der Waals surface area contributed by atoms with Gasteiger partial charge in [-0.15, -0.1) is 0 Å². The van der Waals surface area contributed by atoms with Crippen LogP contribution in [0.2, 0.25) is 0 Å². The van der Waals surface area contributed by atoms with Crippen LogP contribution in [-0.4, -0.2) is 53.0 Å². The van der Waals surface area contributed by atoms with Gasteiger partial charge < -0.3 is 19.5 Å². The average molecular weight is 491 g/mol. The van der Waals surface area contributed by atoms with Crippen LogP contribution in [-0.2, 0) is 17.8 Å². The van der Waals surface area contributed by atoms with Gasteiger partial charge in [-0.25, -0.2) is 4.98 Å². The van der Waals surface area contributed by atoms with Gasteiger partial charge in [0, 0.05) is 44.6 Å². The second kappa shape index (κ2) is 13.1. The van der Waals surface area contributed by atoms with Crippen LogP contribution in [0.25, 0.3) is 11.0 Å². The molecule has 2 heterocycles. The maximum Gasteiger partial charge on any atom is 0.251 e. The molecule has 4 rings (SSSR count). The molecule has 36 heavy (non-hydrogen) atoms. The zero-order valence-corrected chi connectivity index (χ0v) is 21.4. The molecule has 192 valence electrons. The minimum absolute atomic E-state index is 0.0616. The lowest BCUT2D eigenvalue weighted by Gasteiger charge is -2.20. The molecule has 0 unspecified atom stereocenters. The summed E-state index contributed by atoms with van der Waals surface area (Å²) in [5.41, 5.74) is 2.73. The maximum atomic E-state index is 12.9. The summed E-state index contributed by atoms with van der Waals surface area (Å²) in [6, 6.07) is 15.3. The Morgan fingerprint density at radius 3 is 2.44 bits per heavy atom. The van der Waals surface area contributed by atoms with Gasteiger partial charge in [0.25, 0.3) is 5.91 Å². The third-order valence-corrected chi connectivity index (χ3v) is 6.96. The summed E-state index contributed by atoms with van der Waals surface area (Å²) >= 11 is 0. The van der Waals surface area contributed by atoms with E-state index in [9.17, 15) is 9.59 Å². The van der Waals surface area contributed by atoms with Crippen molar-refractivity contribution >= 4 is 22.8 Å². The van der Waals surface area contributed by atoms with Crippen LogP contribution >= 0.6 is 0 Å². The number of amides is 2. The van der Waals surface area contributed by atoms with Crippen LogP contribution in [0.5, 0.6) is 5.75 Å². The average Bonchev–Trinajstić information content (AvgIpc) is 3.06. The summed E-state index contributed by atoms with van der Waals surface area (Å²) in [6.07, 6.45) is 8.97. The summed E-state index contributed by atoms with van der Waals surface area (Å²) in [6.45, 7) is 3.10. The molecule has 7 heteroatoms. The van der Waals surface area contributed by atoms with Crippen molar-refractivity contribution in [2.24, 2.45) is 0 Å². The quantitative estimate of drug-likeness (QED) is 0.385. The molecule has 2 amide bonds. The second-order valence-corrected chi connectivity index (χ2v) is 9.51. The normalized spacial score (nSPS) is 14.0. The molecule has 1 fully saturated rings. The zero-order valence-electron chi connectivity index (χ0n) is 21.4. The number of likely N-dealkylation sites (tertiary alicyclic amines) is 1. The summed E-state index contributed by atoms with van der Waals surface area (Å²) in [7, 11) is 1.61. The van der Waals surface area contributed by atoms with Crippen LogP contribution in [0.1, 0.15) is 67.5 Å². The van der Waals surface area contributed by atoms with E-state index in [1.165, 1.54) is 12.8 Å². The Balaban J connectivity index is 1.25. The van der Waals surface area contributed by atoms with Crippen molar-refractivity contribution in [3.8, 4) is 5.75 Å². The number of nitrogens with one attached hydrogen (secondary N) is 1. The highest BCUT2D eigenvalue weighted by atomic mass is 16.5. The van der Waals surface area contributed by atoms with Gasteiger partial charge in [0.05, 0.1) is 18.1 Å². The number of aryl methyl sites for hydroxylation is 2. The minimum Gasteiger partial charge on any atom is -0.497 e. The van der Waals surface area contributed by atoms with Crippen LogP contribution in [0, 0.1) is 0 Å². The molecule has 0 aliphatic carbocycles. The van der Waals surface area contributed by atoms with Gasteiger partial charge in [-0.05, 0) is 62.1 Å². The van der Waals surface area contributed by atoms with E-state index in [1.807, 2.05) is 23.1 Å². The van der Waals surface area contributed by atoms with Crippen LogP contribution < -0.4 is 10.1 Å². The number of fused-ring (bicyclic) bond motifs is 1. The first-order valence-electron chi connectivity index (χ1n) is 13.3. The van der Waals surface area contributed by atoms with Gasteiger partial charge in [-0.1, -0.05) is 31.4 Å². The van der Waals surface area contributed by atoms with E-state index in [-0.39, 0.29) is 11.8 Å².